The Morgan fingerprint density at radius 2 is 2.11 bits per heavy atom. The first kappa shape index (κ1) is 12.5. The van der Waals surface area contributed by atoms with Crippen LogP contribution in [0.4, 0.5) is 4.79 Å². The Morgan fingerprint density at radius 3 is 2.74 bits per heavy atom. The first-order valence-electron chi connectivity index (χ1n) is 6.91. The van der Waals surface area contributed by atoms with E-state index in [1.165, 1.54) is 18.4 Å². The third kappa shape index (κ3) is 2.73. The first-order valence-corrected chi connectivity index (χ1v) is 6.91. The average molecular weight is 260 g/mol. The maximum Gasteiger partial charge on any atom is 0.404 e. The van der Waals surface area contributed by atoms with Crippen LogP contribution >= 0.6 is 0 Å². The number of carbonyl (C=O) groups is 1. The minimum absolute atomic E-state index is 0.400. The van der Waals surface area contributed by atoms with Gasteiger partial charge < -0.3 is 10.4 Å². The molecule has 4 nitrogen and oxygen atoms in total. The second kappa shape index (κ2) is 4.85. The van der Waals surface area contributed by atoms with Crippen LogP contribution in [0.15, 0.2) is 30.3 Å². The van der Waals surface area contributed by atoms with Crippen LogP contribution in [0.25, 0.3) is 0 Å². The summed E-state index contributed by atoms with van der Waals surface area (Å²) in [6, 6.07) is 10.5. The Hall–Kier alpha value is -1.55. The second-order valence-corrected chi connectivity index (χ2v) is 5.90. The molecule has 1 heterocycles. The summed E-state index contributed by atoms with van der Waals surface area (Å²) in [5, 5.41) is 11.3. The molecule has 1 aromatic carbocycles. The van der Waals surface area contributed by atoms with Gasteiger partial charge in [0, 0.05) is 26.2 Å². The number of rotatable bonds is 4. The van der Waals surface area contributed by atoms with E-state index in [4.69, 9.17) is 5.11 Å². The van der Waals surface area contributed by atoms with Crippen molar-refractivity contribution < 1.29 is 9.90 Å². The monoisotopic (exact) mass is 260 g/mol. The molecule has 1 atom stereocenters. The quantitative estimate of drug-likeness (QED) is 0.872. The van der Waals surface area contributed by atoms with Gasteiger partial charge in [-0.3, -0.25) is 4.90 Å². The minimum atomic E-state index is -0.905. The Morgan fingerprint density at radius 1 is 1.37 bits per heavy atom. The molecule has 1 aromatic rings. The zero-order chi connectivity index (χ0) is 13.3. The van der Waals surface area contributed by atoms with Crippen molar-refractivity contribution in [2.24, 2.45) is 11.3 Å². The lowest BCUT2D eigenvalue weighted by molar-refractivity contribution is 0.190. The Bertz CT molecular complexity index is 456. The highest BCUT2D eigenvalue weighted by atomic mass is 16.4. The summed E-state index contributed by atoms with van der Waals surface area (Å²) >= 11 is 0. The summed E-state index contributed by atoms with van der Waals surface area (Å²) in [5.74, 6) is 0.479. The van der Waals surface area contributed by atoms with Crippen molar-refractivity contribution in [2.75, 3.05) is 19.6 Å². The van der Waals surface area contributed by atoms with Crippen molar-refractivity contribution in [1.29, 1.82) is 0 Å². The van der Waals surface area contributed by atoms with Crippen LogP contribution in [-0.4, -0.2) is 35.7 Å². The molecule has 0 bridgehead atoms. The van der Waals surface area contributed by atoms with E-state index in [2.05, 4.69) is 34.5 Å². The molecule has 0 radical (unpaired) electrons. The maximum absolute atomic E-state index is 10.6. The molecule has 102 valence electrons. The van der Waals surface area contributed by atoms with Crippen LogP contribution < -0.4 is 5.32 Å². The summed E-state index contributed by atoms with van der Waals surface area (Å²) in [6.07, 6.45) is 1.60. The van der Waals surface area contributed by atoms with Gasteiger partial charge in [-0.25, -0.2) is 4.79 Å². The van der Waals surface area contributed by atoms with Gasteiger partial charge in [0.15, 0.2) is 0 Å². The summed E-state index contributed by atoms with van der Waals surface area (Å²) in [4.78, 5) is 13.1. The van der Waals surface area contributed by atoms with Crippen LogP contribution in [0.3, 0.4) is 0 Å². The highest BCUT2D eigenvalue weighted by molar-refractivity contribution is 5.64. The SMILES string of the molecule is O=C(O)NCC1CN(Cc2ccccc2)CC12CC2. The van der Waals surface area contributed by atoms with Gasteiger partial charge in [-0.1, -0.05) is 30.3 Å². The van der Waals surface area contributed by atoms with Gasteiger partial charge in [-0.15, -0.1) is 0 Å². The van der Waals surface area contributed by atoms with Crippen molar-refractivity contribution in [1.82, 2.24) is 10.2 Å². The molecule has 2 fully saturated rings. The van der Waals surface area contributed by atoms with Crippen LogP contribution in [-0.2, 0) is 6.54 Å². The number of nitrogens with one attached hydrogen (secondary N) is 1. The lowest BCUT2D eigenvalue weighted by Gasteiger charge is -2.16. The van der Waals surface area contributed by atoms with Gasteiger partial charge >= 0.3 is 6.09 Å². The number of nitrogens with zero attached hydrogens (tertiary/aromatic N) is 1. The van der Waals surface area contributed by atoms with E-state index < -0.39 is 6.09 Å². The van der Waals surface area contributed by atoms with Crippen LogP contribution in [0.1, 0.15) is 18.4 Å². The number of amides is 1. The molecule has 1 aliphatic carbocycles. The van der Waals surface area contributed by atoms with Gasteiger partial charge in [0.05, 0.1) is 0 Å². The molecule has 2 N–H and O–H groups in total. The molecule has 1 amide bonds. The third-order valence-electron chi connectivity index (χ3n) is 4.52. The zero-order valence-corrected chi connectivity index (χ0v) is 11.0. The summed E-state index contributed by atoms with van der Waals surface area (Å²) in [5.41, 5.74) is 1.74. The molecular formula is C15H20N2O2. The predicted octanol–water partition coefficient (Wildman–Crippen LogP) is 2.17. The van der Waals surface area contributed by atoms with Crippen molar-refractivity contribution in [3.8, 4) is 0 Å². The fraction of sp³-hybridized carbons (Fsp3) is 0.533. The van der Waals surface area contributed by atoms with E-state index in [1.54, 1.807) is 0 Å². The van der Waals surface area contributed by atoms with Crippen molar-refractivity contribution in [3.05, 3.63) is 35.9 Å². The van der Waals surface area contributed by atoms with E-state index in [1.807, 2.05) is 6.07 Å². The van der Waals surface area contributed by atoms with E-state index in [9.17, 15) is 4.79 Å². The Labute approximate surface area is 113 Å². The van der Waals surface area contributed by atoms with Gasteiger partial charge in [-0.05, 0) is 29.7 Å². The molecule has 2 aliphatic rings. The summed E-state index contributed by atoms with van der Waals surface area (Å²) in [7, 11) is 0. The van der Waals surface area contributed by atoms with Crippen LogP contribution in [0.2, 0.25) is 0 Å². The summed E-state index contributed by atoms with van der Waals surface area (Å²) in [6.45, 7) is 3.70. The van der Waals surface area contributed by atoms with Gasteiger partial charge in [0.2, 0.25) is 0 Å². The normalized spacial score (nSPS) is 24.5. The molecule has 0 aromatic heterocycles. The molecule has 4 heteroatoms. The molecule has 1 aliphatic heterocycles. The molecule has 1 saturated carbocycles. The lowest BCUT2D eigenvalue weighted by Crippen LogP contribution is -2.32. The van der Waals surface area contributed by atoms with Crippen LogP contribution in [0.5, 0.6) is 0 Å². The van der Waals surface area contributed by atoms with Gasteiger partial charge in [0.1, 0.15) is 0 Å². The number of hydrogen-bond donors (Lipinski definition) is 2. The van der Waals surface area contributed by atoms with Gasteiger partial charge in [0.25, 0.3) is 0 Å². The molecule has 19 heavy (non-hydrogen) atoms. The number of carboxylic acid groups (broad SMARTS) is 1. The van der Waals surface area contributed by atoms with Crippen LogP contribution in [0, 0.1) is 11.3 Å². The van der Waals surface area contributed by atoms with Gasteiger partial charge in [-0.2, -0.15) is 0 Å². The number of likely N-dealkylation sites (tertiary alicyclic amines) is 1. The smallest absolute Gasteiger partial charge is 0.404 e. The number of hydrogen-bond acceptors (Lipinski definition) is 2. The largest absolute Gasteiger partial charge is 0.465 e. The topological polar surface area (TPSA) is 52.6 Å². The molecular weight excluding hydrogens is 240 g/mol. The Kier molecular flexibility index (Phi) is 3.19. The van der Waals surface area contributed by atoms with E-state index in [0.717, 1.165) is 19.6 Å². The highest BCUT2D eigenvalue weighted by Crippen LogP contribution is 2.56. The second-order valence-electron chi connectivity index (χ2n) is 5.90. The van der Waals surface area contributed by atoms with Crippen molar-refractivity contribution in [2.45, 2.75) is 19.4 Å². The number of benzene rings is 1. The van der Waals surface area contributed by atoms with Crippen molar-refractivity contribution in [3.63, 3.8) is 0 Å². The minimum Gasteiger partial charge on any atom is -0.465 e. The predicted molar refractivity (Wildman–Crippen MR) is 72.9 cm³/mol. The standard InChI is InChI=1S/C15H20N2O2/c18-14(19)16-8-13-10-17(11-15(13)6-7-15)9-12-4-2-1-3-5-12/h1-5,13,16H,6-11H2,(H,18,19). The van der Waals surface area contributed by atoms with E-state index in [0.29, 0.717) is 17.9 Å². The lowest BCUT2D eigenvalue weighted by atomic mass is 9.93. The van der Waals surface area contributed by atoms with E-state index >= 15 is 0 Å². The molecule has 1 unspecified atom stereocenters. The molecule has 1 saturated heterocycles. The average Bonchev–Trinajstić information content (AvgIpc) is 3.07. The fourth-order valence-corrected chi connectivity index (χ4v) is 3.32. The van der Waals surface area contributed by atoms with Crippen molar-refractivity contribution >= 4 is 6.09 Å². The third-order valence-corrected chi connectivity index (χ3v) is 4.52. The highest BCUT2D eigenvalue weighted by Gasteiger charge is 2.54. The molecule has 1 spiro atoms. The molecule has 3 rings (SSSR count). The maximum atomic E-state index is 10.6. The first-order chi connectivity index (χ1) is 9.18. The fourth-order valence-electron chi connectivity index (χ4n) is 3.32. The van der Waals surface area contributed by atoms with E-state index in [-0.39, 0.29) is 0 Å². The zero-order valence-electron chi connectivity index (χ0n) is 11.0. The summed E-state index contributed by atoms with van der Waals surface area (Å²) < 4.78 is 0. The Balaban J connectivity index is 1.59.